The van der Waals surface area contributed by atoms with Crippen molar-refractivity contribution in [2.24, 2.45) is 0 Å². The number of hydrogen-bond donors (Lipinski definition) is 0. The van der Waals surface area contributed by atoms with Crippen molar-refractivity contribution in [3.63, 3.8) is 0 Å². The van der Waals surface area contributed by atoms with Gasteiger partial charge in [0.1, 0.15) is 17.1 Å². The Morgan fingerprint density at radius 3 is 2.39 bits per heavy atom. The van der Waals surface area contributed by atoms with Crippen LogP contribution in [0.3, 0.4) is 0 Å². The lowest BCUT2D eigenvalue weighted by Gasteiger charge is -2.44. The fourth-order valence-electron chi connectivity index (χ4n) is 4.62. The van der Waals surface area contributed by atoms with Crippen molar-refractivity contribution < 1.29 is 19.1 Å². The first kappa shape index (κ1) is 23.9. The minimum atomic E-state index is -0.533. The molecule has 176 valence electrons. The highest BCUT2D eigenvalue weighted by Gasteiger charge is 2.43. The van der Waals surface area contributed by atoms with E-state index in [1.165, 1.54) is 0 Å². The summed E-state index contributed by atoms with van der Waals surface area (Å²) in [5.41, 5.74) is 2.87. The number of halogens is 2. The molecule has 0 N–H and O–H groups in total. The standard InChI is InChI=1S/C26H29Cl2NO4/c1-16-13-23-20(14-21(16)27)22(30)15-26(33-23)6-8-29(9-7-26)24(31)5-4-10-32-19-11-17(2)25(28)18(3)12-19/h11-14H,4-10,15H2,1-3H3. The molecule has 0 aliphatic carbocycles. The van der Waals surface area contributed by atoms with Crippen LogP contribution >= 0.6 is 23.2 Å². The van der Waals surface area contributed by atoms with Gasteiger partial charge in [-0.05, 0) is 68.1 Å². The molecule has 5 nitrogen and oxygen atoms in total. The monoisotopic (exact) mass is 489 g/mol. The maximum atomic E-state index is 12.7. The van der Waals surface area contributed by atoms with Gasteiger partial charge in [0.25, 0.3) is 0 Å². The van der Waals surface area contributed by atoms with Gasteiger partial charge in [-0.15, -0.1) is 0 Å². The van der Waals surface area contributed by atoms with Crippen molar-refractivity contribution in [2.75, 3.05) is 19.7 Å². The Morgan fingerprint density at radius 2 is 1.73 bits per heavy atom. The summed E-state index contributed by atoms with van der Waals surface area (Å²) in [5.74, 6) is 1.56. The lowest BCUT2D eigenvalue weighted by molar-refractivity contribution is -0.135. The van der Waals surface area contributed by atoms with Crippen LogP contribution in [0, 0.1) is 20.8 Å². The van der Waals surface area contributed by atoms with Gasteiger partial charge in [-0.2, -0.15) is 0 Å². The van der Waals surface area contributed by atoms with E-state index >= 15 is 0 Å². The number of ketones is 1. The van der Waals surface area contributed by atoms with E-state index in [1.54, 1.807) is 6.07 Å². The third kappa shape index (κ3) is 5.15. The van der Waals surface area contributed by atoms with Gasteiger partial charge in [0.05, 0.1) is 18.6 Å². The largest absolute Gasteiger partial charge is 0.494 e. The summed E-state index contributed by atoms with van der Waals surface area (Å²) in [4.78, 5) is 27.3. The van der Waals surface area contributed by atoms with E-state index in [0.29, 0.717) is 68.1 Å². The number of nitrogens with zero attached hydrogens (tertiary/aromatic N) is 1. The van der Waals surface area contributed by atoms with Crippen LogP contribution in [0.2, 0.25) is 10.0 Å². The van der Waals surface area contributed by atoms with Crippen molar-refractivity contribution in [1.82, 2.24) is 4.90 Å². The Morgan fingerprint density at radius 1 is 1.06 bits per heavy atom. The molecule has 1 fully saturated rings. The molecule has 0 atom stereocenters. The van der Waals surface area contributed by atoms with Crippen molar-refractivity contribution in [3.05, 3.63) is 56.6 Å². The SMILES string of the molecule is Cc1cc2c(cc1Cl)C(=O)CC1(CCN(C(=O)CCCOc3cc(C)c(Cl)c(C)c3)CC1)O2. The Bertz CT molecular complexity index is 1070. The molecular formula is C26H29Cl2NO4. The third-order valence-electron chi connectivity index (χ3n) is 6.61. The number of fused-ring (bicyclic) bond motifs is 1. The summed E-state index contributed by atoms with van der Waals surface area (Å²) in [6, 6.07) is 7.38. The second kappa shape index (κ2) is 9.55. The van der Waals surface area contributed by atoms with Crippen LogP contribution in [0.5, 0.6) is 11.5 Å². The van der Waals surface area contributed by atoms with Gasteiger partial charge >= 0.3 is 0 Å². The highest BCUT2D eigenvalue weighted by Crippen LogP contribution is 2.41. The van der Waals surface area contributed by atoms with Gasteiger partial charge < -0.3 is 14.4 Å². The molecule has 2 aliphatic heterocycles. The lowest BCUT2D eigenvalue weighted by atomic mass is 9.82. The van der Waals surface area contributed by atoms with Gasteiger partial charge in [0.2, 0.25) is 5.91 Å². The minimum Gasteiger partial charge on any atom is -0.494 e. The predicted octanol–water partition coefficient (Wildman–Crippen LogP) is 6.10. The van der Waals surface area contributed by atoms with Crippen molar-refractivity contribution in [2.45, 2.75) is 58.5 Å². The highest BCUT2D eigenvalue weighted by atomic mass is 35.5. The van der Waals surface area contributed by atoms with Crippen LogP contribution in [0.4, 0.5) is 0 Å². The molecule has 4 rings (SSSR count). The molecule has 2 aliphatic rings. The molecule has 2 heterocycles. The molecule has 0 unspecified atom stereocenters. The molecule has 7 heteroatoms. The van der Waals surface area contributed by atoms with Crippen molar-refractivity contribution in [3.8, 4) is 11.5 Å². The molecule has 0 saturated carbocycles. The summed E-state index contributed by atoms with van der Waals surface area (Å²) in [7, 11) is 0. The van der Waals surface area contributed by atoms with Gasteiger partial charge in [-0.25, -0.2) is 0 Å². The minimum absolute atomic E-state index is 0.0581. The van der Waals surface area contributed by atoms with Gasteiger partial charge in [0, 0.05) is 42.4 Å². The average molecular weight is 490 g/mol. The van der Waals surface area contributed by atoms with Gasteiger partial charge in [-0.3, -0.25) is 9.59 Å². The number of Topliss-reactive ketones (excluding diaryl/α,β-unsaturated/α-hetero) is 1. The number of benzene rings is 2. The second-order valence-electron chi connectivity index (χ2n) is 9.19. The Labute approximate surface area is 205 Å². The first-order valence-corrected chi connectivity index (χ1v) is 12.1. The molecule has 1 spiro atoms. The Hall–Kier alpha value is -2.24. The zero-order chi connectivity index (χ0) is 23.8. The van der Waals surface area contributed by atoms with E-state index in [-0.39, 0.29) is 11.7 Å². The highest BCUT2D eigenvalue weighted by molar-refractivity contribution is 6.32. The van der Waals surface area contributed by atoms with E-state index in [4.69, 9.17) is 32.7 Å². The number of carbonyl (C=O) groups is 2. The normalized spacial score (nSPS) is 17.0. The van der Waals surface area contributed by atoms with E-state index < -0.39 is 5.60 Å². The number of hydrogen-bond acceptors (Lipinski definition) is 4. The first-order chi connectivity index (χ1) is 15.7. The summed E-state index contributed by atoms with van der Waals surface area (Å²) in [5, 5.41) is 1.33. The van der Waals surface area contributed by atoms with E-state index in [9.17, 15) is 9.59 Å². The Balaban J connectivity index is 1.27. The van der Waals surface area contributed by atoms with E-state index in [0.717, 1.165) is 27.5 Å². The number of rotatable bonds is 5. The zero-order valence-corrected chi connectivity index (χ0v) is 20.8. The lowest BCUT2D eigenvalue weighted by Crippen LogP contribution is -2.52. The number of ether oxygens (including phenoxy) is 2. The number of likely N-dealkylation sites (tertiary alicyclic amines) is 1. The molecule has 0 aromatic heterocycles. The number of aryl methyl sites for hydroxylation is 3. The van der Waals surface area contributed by atoms with E-state index in [1.807, 2.05) is 43.9 Å². The Kier molecular flexibility index (Phi) is 6.92. The molecule has 33 heavy (non-hydrogen) atoms. The van der Waals surface area contributed by atoms with E-state index in [2.05, 4.69) is 0 Å². The van der Waals surface area contributed by atoms with Crippen LogP contribution in [0.15, 0.2) is 24.3 Å². The van der Waals surface area contributed by atoms with Gasteiger partial charge in [-0.1, -0.05) is 23.2 Å². The number of amides is 1. The van der Waals surface area contributed by atoms with Crippen LogP contribution in [0.25, 0.3) is 0 Å². The fraction of sp³-hybridized carbons (Fsp3) is 0.462. The summed E-state index contributed by atoms with van der Waals surface area (Å²) in [6.07, 6.45) is 2.69. The predicted molar refractivity (Wildman–Crippen MR) is 130 cm³/mol. The maximum Gasteiger partial charge on any atom is 0.222 e. The molecule has 1 saturated heterocycles. The van der Waals surface area contributed by atoms with Crippen LogP contribution in [-0.4, -0.2) is 41.9 Å². The van der Waals surface area contributed by atoms with Gasteiger partial charge in [0.15, 0.2) is 5.78 Å². The maximum absolute atomic E-state index is 12.7. The van der Waals surface area contributed by atoms with Crippen molar-refractivity contribution >= 4 is 34.9 Å². The fourth-order valence-corrected chi connectivity index (χ4v) is 4.89. The van der Waals surface area contributed by atoms with Crippen LogP contribution in [-0.2, 0) is 4.79 Å². The third-order valence-corrected chi connectivity index (χ3v) is 7.61. The summed E-state index contributed by atoms with van der Waals surface area (Å²) < 4.78 is 12.1. The number of piperidine rings is 1. The molecular weight excluding hydrogens is 461 g/mol. The number of carbonyl (C=O) groups excluding carboxylic acids is 2. The zero-order valence-electron chi connectivity index (χ0n) is 19.3. The topological polar surface area (TPSA) is 55.8 Å². The molecule has 2 aromatic rings. The first-order valence-electron chi connectivity index (χ1n) is 11.4. The summed E-state index contributed by atoms with van der Waals surface area (Å²) >= 11 is 12.4. The van der Waals surface area contributed by atoms with Crippen LogP contribution in [0.1, 0.15) is 59.2 Å². The quantitative estimate of drug-likeness (QED) is 0.475. The molecule has 2 aromatic carbocycles. The summed E-state index contributed by atoms with van der Waals surface area (Å²) in [6.45, 7) is 7.45. The second-order valence-corrected chi connectivity index (χ2v) is 9.97. The molecule has 0 radical (unpaired) electrons. The molecule has 1 amide bonds. The van der Waals surface area contributed by atoms with Crippen LogP contribution < -0.4 is 9.47 Å². The smallest absolute Gasteiger partial charge is 0.222 e. The molecule has 0 bridgehead atoms. The average Bonchev–Trinajstić information content (AvgIpc) is 2.77. The van der Waals surface area contributed by atoms with Crippen molar-refractivity contribution in [1.29, 1.82) is 0 Å².